The molecule has 1 unspecified atom stereocenters. The molecule has 0 aromatic carbocycles. The molecular weight excluding hydrogens is 218 g/mol. The summed E-state index contributed by atoms with van der Waals surface area (Å²) in [5.74, 6) is 1.63. The van der Waals surface area contributed by atoms with Crippen LogP contribution in [0.1, 0.15) is 37.3 Å². The Balaban J connectivity index is 2.38. The molecule has 0 saturated heterocycles. The van der Waals surface area contributed by atoms with Crippen LogP contribution >= 0.6 is 0 Å². The van der Waals surface area contributed by atoms with Gasteiger partial charge in [0, 0.05) is 12.4 Å². The number of nitrogens with zero attached hydrogens (tertiary/aromatic N) is 4. The largest absolute Gasteiger partial charge is 0.368 e. The number of H-pyrrole nitrogens is 1. The van der Waals surface area contributed by atoms with Crippen LogP contribution in [-0.2, 0) is 0 Å². The van der Waals surface area contributed by atoms with Crippen molar-refractivity contribution in [2.45, 2.75) is 25.7 Å². The van der Waals surface area contributed by atoms with Crippen LogP contribution in [-0.4, -0.2) is 24.9 Å². The Morgan fingerprint density at radius 3 is 2.47 bits per heavy atom. The van der Waals surface area contributed by atoms with Crippen LogP contribution in [0.3, 0.4) is 0 Å². The molecule has 17 heavy (non-hydrogen) atoms. The standard InChI is InChI=1S/C10H15N7/c1-2-3-6(7-13-4-5-14-7)8-15-9(11)17-10(12)16-8/h4-6H,2-3H2,1H3,(H,13,14)(H4,11,12,15,16,17). The highest BCUT2D eigenvalue weighted by atomic mass is 15.1. The fraction of sp³-hybridized carbons (Fsp3) is 0.400. The molecule has 0 bridgehead atoms. The van der Waals surface area contributed by atoms with E-state index in [9.17, 15) is 0 Å². The number of rotatable bonds is 4. The minimum Gasteiger partial charge on any atom is -0.368 e. The van der Waals surface area contributed by atoms with E-state index < -0.39 is 0 Å². The average Bonchev–Trinajstić information content (AvgIpc) is 2.77. The molecule has 7 nitrogen and oxygen atoms in total. The van der Waals surface area contributed by atoms with Gasteiger partial charge in [0.15, 0.2) is 0 Å². The first-order chi connectivity index (χ1) is 8.20. The number of anilines is 2. The third-order valence-corrected chi connectivity index (χ3v) is 2.43. The second-order valence-corrected chi connectivity index (χ2v) is 3.73. The number of aromatic nitrogens is 5. The predicted octanol–water partition coefficient (Wildman–Crippen LogP) is 0.691. The van der Waals surface area contributed by atoms with Gasteiger partial charge in [-0.05, 0) is 6.42 Å². The quantitative estimate of drug-likeness (QED) is 0.714. The lowest BCUT2D eigenvalue weighted by Crippen LogP contribution is -2.12. The Morgan fingerprint density at radius 2 is 1.94 bits per heavy atom. The average molecular weight is 233 g/mol. The van der Waals surface area contributed by atoms with Gasteiger partial charge in [0.2, 0.25) is 11.9 Å². The molecule has 0 aliphatic carbocycles. The Bertz CT molecular complexity index is 459. The van der Waals surface area contributed by atoms with Crippen LogP contribution in [0.2, 0.25) is 0 Å². The van der Waals surface area contributed by atoms with Crippen molar-refractivity contribution in [1.29, 1.82) is 0 Å². The van der Waals surface area contributed by atoms with E-state index in [0.29, 0.717) is 5.82 Å². The van der Waals surface area contributed by atoms with Gasteiger partial charge >= 0.3 is 0 Å². The Morgan fingerprint density at radius 1 is 1.24 bits per heavy atom. The van der Waals surface area contributed by atoms with Crippen LogP contribution in [0.5, 0.6) is 0 Å². The molecule has 2 heterocycles. The first-order valence-corrected chi connectivity index (χ1v) is 5.47. The minimum absolute atomic E-state index is 0.0254. The Kier molecular flexibility index (Phi) is 3.17. The van der Waals surface area contributed by atoms with Crippen molar-refractivity contribution in [2.24, 2.45) is 0 Å². The first kappa shape index (κ1) is 11.3. The molecule has 0 aliphatic heterocycles. The molecular formula is C10H15N7. The summed E-state index contributed by atoms with van der Waals surface area (Å²) in [4.78, 5) is 19.3. The molecule has 0 aliphatic rings. The van der Waals surface area contributed by atoms with Crippen LogP contribution in [0.4, 0.5) is 11.9 Å². The summed E-state index contributed by atoms with van der Waals surface area (Å²) in [6.45, 7) is 2.09. The molecule has 5 N–H and O–H groups in total. The molecule has 0 radical (unpaired) electrons. The molecule has 0 spiro atoms. The second-order valence-electron chi connectivity index (χ2n) is 3.73. The van der Waals surface area contributed by atoms with Gasteiger partial charge in [-0.3, -0.25) is 0 Å². The van der Waals surface area contributed by atoms with Gasteiger partial charge < -0.3 is 16.5 Å². The topological polar surface area (TPSA) is 119 Å². The fourth-order valence-electron chi connectivity index (χ4n) is 1.73. The summed E-state index contributed by atoms with van der Waals surface area (Å²) >= 11 is 0. The predicted molar refractivity (Wildman–Crippen MR) is 64.0 cm³/mol. The lowest BCUT2D eigenvalue weighted by molar-refractivity contribution is 0.629. The lowest BCUT2D eigenvalue weighted by atomic mass is 10.0. The van der Waals surface area contributed by atoms with Crippen molar-refractivity contribution in [3.8, 4) is 0 Å². The zero-order valence-corrected chi connectivity index (χ0v) is 9.59. The molecule has 90 valence electrons. The number of nitrogens with two attached hydrogens (primary N) is 2. The van der Waals surface area contributed by atoms with Crippen molar-refractivity contribution in [3.63, 3.8) is 0 Å². The van der Waals surface area contributed by atoms with E-state index in [0.717, 1.165) is 18.7 Å². The number of hydrogen-bond acceptors (Lipinski definition) is 6. The summed E-state index contributed by atoms with van der Waals surface area (Å²) in [5, 5.41) is 0. The maximum atomic E-state index is 5.57. The molecule has 0 saturated carbocycles. The van der Waals surface area contributed by atoms with Crippen LogP contribution < -0.4 is 11.5 Å². The molecule has 2 rings (SSSR count). The third kappa shape index (κ3) is 2.49. The van der Waals surface area contributed by atoms with Gasteiger partial charge in [0.1, 0.15) is 11.6 Å². The molecule has 0 fully saturated rings. The highest BCUT2D eigenvalue weighted by Crippen LogP contribution is 2.24. The molecule has 2 aromatic heterocycles. The first-order valence-electron chi connectivity index (χ1n) is 5.47. The smallest absolute Gasteiger partial charge is 0.225 e. The van der Waals surface area contributed by atoms with Crippen LogP contribution in [0, 0.1) is 0 Å². The van der Waals surface area contributed by atoms with Gasteiger partial charge in [-0.25, -0.2) is 4.98 Å². The molecule has 1 atom stereocenters. The maximum Gasteiger partial charge on any atom is 0.225 e. The molecule has 2 aromatic rings. The minimum atomic E-state index is -0.0254. The van der Waals surface area contributed by atoms with E-state index in [-0.39, 0.29) is 17.8 Å². The van der Waals surface area contributed by atoms with Crippen molar-refractivity contribution >= 4 is 11.9 Å². The zero-order chi connectivity index (χ0) is 12.3. The molecule has 0 amide bonds. The third-order valence-electron chi connectivity index (χ3n) is 2.43. The summed E-state index contributed by atoms with van der Waals surface area (Å²) in [5.41, 5.74) is 11.1. The van der Waals surface area contributed by atoms with Gasteiger partial charge in [-0.2, -0.15) is 15.0 Å². The van der Waals surface area contributed by atoms with E-state index in [4.69, 9.17) is 11.5 Å². The summed E-state index contributed by atoms with van der Waals surface area (Å²) in [6, 6.07) is 0. The number of imidazole rings is 1. The van der Waals surface area contributed by atoms with Gasteiger partial charge in [-0.1, -0.05) is 13.3 Å². The number of nitrogens with one attached hydrogen (secondary N) is 1. The highest BCUT2D eigenvalue weighted by molar-refractivity contribution is 5.28. The van der Waals surface area contributed by atoms with Crippen molar-refractivity contribution in [1.82, 2.24) is 24.9 Å². The highest BCUT2D eigenvalue weighted by Gasteiger charge is 2.19. The van der Waals surface area contributed by atoms with E-state index in [1.54, 1.807) is 12.4 Å². The summed E-state index contributed by atoms with van der Waals surface area (Å²) in [7, 11) is 0. The zero-order valence-electron chi connectivity index (χ0n) is 9.59. The lowest BCUT2D eigenvalue weighted by Gasteiger charge is -2.12. The van der Waals surface area contributed by atoms with Crippen molar-refractivity contribution in [2.75, 3.05) is 11.5 Å². The normalized spacial score (nSPS) is 12.5. The Hall–Kier alpha value is -2.18. The fourth-order valence-corrected chi connectivity index (χ4v) is 1.73. The number of aromatic amines is 1. The van der Waals surface area contributed by atoms with Gasteiger partial charge in [-0.15, -0.1) is 0 Å². The van der Waals surface area contributed by atoms with Crippen molar-refractivity contribution in [3.05, 3.63) is 24.0 Å². The van der Waals surface area contributed by atoms with Crippen LogP contribution in [0.25, 0.3) is 0 Å². The number of hydrogen-bond donors (Lipinski definition) is 3. The number of nitrogen functional groups attached to an aromatic ring is 2. The maximum absolute atomic E-state index is 5.57. The van der Waals surface area contributed by atoms with E-state index >= 15 is 0 Å². The summed E-state index contributed by atoms with van der Waals surface area (Å²) < 4.78 is 0. The van der Waals surface area contributed by atoms with Crippen molar-refractivity contribution < 1.29 is 0 Å². The van der Waals surface area contributed by atoms with E-state index in [2.05, 4.69) is 31.8 Å². The van der Waals surface area contributed by atoms with Gasteiger partial charge in [0.25, 0.3) is 0 Å². The summed E-state index contributed by atoms with van der Waals surface area (Å²) in [6.07, 6.45) is 5.32. The second kappa shape index (κ2) is 4.77. The monoisotopic (exact) mass is 233 g/mol. The van der Waals surface area contributed by atoms with E-state index in [1.165, 1.54) is 0 Å². The van der Waals surface area contributed by atoms with Gasteiger partial charge in [0.05, 0.1) is 5.92 Å². The SMILES string of the molecule is CCCC(c1nc(N)nc(N)n1)c1ncc[nH]1. The Labute approximate surface area is 98.7 Å². The van der Waals surface area contributed by atoms with Crippen LogP contribution in [0.15, 0.2) is 12.4 Å². The molecule has 7 heteroatoms. The van der Waals surface area contributed by atoms with E-state index in [1.807, 2.05) is 0 Å².